The summed E-state index contributed by atoms with van der Waals surface area (Å²) in [5.41, 5.74) is 0.0782. The molecule has 1 aromatic rings. The smallest absolute Gasteiger partial charge is 0.422 e. The number of para-hydroxylation sites is 1. The summed E-state index contributed by atoms with van der Waals surface area (Å²) in [6.07, 6.45) is -1.77. The second-order valence-corrected chi connectivity index (χ2v) is 7.45. The first kappa shape index (κ1) is 25.5. The number of carbonyl (C=O) groups excluding carboxylic acids is 2. The van der Waals surface area contributed by atoms with E-state index in [1.165, 1.54) is 12.1 Å². The van der Waals surface area contributed by atoms with Crippen molar-refractivity contribution >= 4 is 22.1 Å². The van der Waals surface area contributed by atoms with Crippen LogP contribution >= 0.6 is 0 Å². The molecule has 0 aromatic heterocycles. The van der Waals surface area contributed by atoms with Gasteiger partial charge in [0.25, 0.3) is 0 Å². The maximum atomic E-state index is 13.3. The van der Waals surface area contributed by atoms with E-state index in [-0.39, 0.29) is 11.5 Å². The summed E-state index contributed by atoms with van der Waals surface area (Å²) >= 11 is 0. The molecule has 0 fully saturated rings. The average Bonchev–Trinajstić information content (AvgIpc) is 2.60. The van der Waals surface area contributed by atoms with Gasteiger partial charge in [-0.1, -0.05) is 18.7 Å². The molecule has 1 aromatic carbocycles. The Morgan fingerprint density at radius 1 is 1.17 bits per heavy atom. The molecule has 168 valence electrons. The van der Waals surface area contributed by atoms with E-state index in [0.29, 0.717) is 5.56 Å². The number of hydrogen-bond donors (Lipinski definition) is 1. The Morgan fingerprint density at radius 2 is 1.77 bits per heavy atom. The lowest BCUT2D eigenvalue weighted by atomic mass is 10.2. The fourth-order valence-electron chi connectivity index (χ4n) is 1.94. The highest BCUT2D eigenvalue weighted by Crippen LogP contribution is 2.40. The highest BCUT2D eigenvalue weighted by atomic mass is 32.2. The highest BCUT2D eigenvalue weighted by molar-refractivity contribution is 7.87. The molecule has 0 aliphatic carbocycles. The van der Waals surface area contributed by atoms with Gasteiger partial charge >= 0.3 is 33.2 Å². The van der Waals surface area contributed by atoms with Crippen molar-refractivity contribution < 1.29 is 54.3 Å². The second kappa shape index (κ2) is 9.53. The zero-order valence-corrected chi connectivity index (χ0v) is 16.6. The Balaban J connectivity index is 2.67. The van der Waals surface area contributed by atoms with Gasteiger partial charge in [-0.15, -0.1) is 0 Å². The Hall–Kier alpha value is -2.51. The van der Waals surface area contributed by atoms with Crippen LogP contribution in [0.4, 0.5) is 17.6 Å². The summed E-state index contributed by atoms with van der Waals surface area (Å²) in [7, 11) is -6.34. The molecule has 0 aliphatic rings. The number of esters is 2. The van der Waals surface area contributed by atoms with Gasteiger partial charge in [-0.3, -0.25) is 9.35 Å². The normalized spacial score (nSPS) is 12.4. The van der Waals surface area contributed by atoms with E-state index in [0.717, 1.165) is 6.92 Å². The summed E-state index contributed by atoms with van der Waals surface area (Å²) < 4.78 is 96.4. The van der Waals surface area contributed by atoms with Gasteiger partial charge in [0.15, 0.2) is 11.5 Å². The van der Waals surface area contributed by atoms with Crippen molar-refractivity contribution in [2.45, 2.75) is 31.4 Å². The van der Waals surface area contributed by atoms with Crippen molar-refractivity contribution in [3.05, 3.63) is 35.9 Å². The van der Waals surface area contributed by atoms with E-state index in [1.54, 1.807) is 13.0 Å². The minimum Gasteiger partial charge on any atom is -0.422 e. The first-order valence-corrected chi connectivity index (χ1v) is 9.52. The Labute approximate surface area is 169 Å². The minimum absolute atomic E-state index is 0.0286. The van der Waals surface area contributed by atoms with Crippen LogP contribution in [0.15, 0.2) is 30.4 Å². The van der Waals surface area contributed by atoms with Crippen molar-refractivity contribution in [3.8, 4) is 11.5 Å². The summed E-state index contributed by atoms with van der Waals surface area (Å²) in [4.78, 5) is 23.2. The SMILES string of the molecule is C=C(COCCC(F)(F)C(F)(F)S(=O)(=O)O)C(=O)Oc1cccc(C)c1OC(C)=O. The highest BCUT2D eigenvalue weighted by Gasteiger charge is 2.65. The Kier molecular flexibility index (Phi) is 8.11. The first-order chi connectivity index (χ1) is 13.6. The predicted molar refractivity (Wildman–Crippen MR) is 94.1 cm³/mol. The van der Waals surface area contributed by atoms with E-state index >= 15 is 0 Å². The predicted octanol–water partition coefficient (Wildman–Crippen LogP) is 2.90. The molecule has 0 atom stereocenters. The minimum atomic E-state index is -6.34. The van der Waals surface area contributed by atoms with Crippen molar-refractivity contribution in [1.82, 2.24) is 0 Å². The van der Waals surface area contributed by atoms with E-state index in [2.05, 4.69) is 11.3 Å². The summed E-state index contributed by atoms with van der Waals surface area (Å²) in [6, 6.07) is 4.40. The van der Waals surface area contributed by atoms with Crippen LogP contribution in [0.3, 0.4) is 0 Å². The average molecular weight is 458 g/mol. The van der Waals surface area contributed by atoms with Gasteiger partial charge in [0.05, 0.1) is 18.8 Å². The lowest BCUT2D eigenvalue weighted by molar-refractivity contribution is -0.170. The summed E-state index contributed by atoms with van der Waals surface area (Å²) in [5.74, 6) is -7.03. The van der Waals surface area contributed by atoms with Crippen LogP contribution in [0.1, 0.15) is 18.9 Å². The molecule has 1 rings (SSSR count). The van der Waals surface area contributed by atoms with Gasteiger partial charge in [-0.05, 0) is 18.6 Å². The summed E-state index contributed by atoms with van der Waals surface area (Å²) in [5, 5.41) is -5.71. The van der Waals surface area contributed by atoms with E-state index in [9.17, 15) is 35.6 Å². The lowest BCUT2D eigenvalue weighted by Crippen LogP contribution is -2.47. The zero-order valence-electron chi connectivity index (χ0n) is 15.8. The van der Waals surface area contributed by atoms with E-state index < -0.39 is 58.4 Å². The van der Waals surface area contributed by atoms with Crippen LogP contribution in [0.5, 0.6) is 11.5 Å². The third-order valence-electron chi connectivity index (χ3n) is 3.50. The van der Waals surface area contributed by atoms with Crippen LogP contribution in [-0.4, -0.2) is 49.3 Å². The number of rotatable bonds is 10. The van der Waals surface area contributed by atoms with Gasteiger partial charge in [0.1, 0.15) is 0 Å². The zero-order chi connectivity index (χ0) is 23.3. The number of benzene rings is 1. The largest absolute Gasteiger partial charge is 0.431 e. The monoisotopic (exact) mass is 458 g/mol. The third-order valence-corrected chi connectivity index (χ3v) is 4.45. The van der Waals surface area contributed by atoms with Gasteiger partial charge in [-0.25, -0.2) is 4.79 Å². The maximum absolute atomic E-state index is 13.3. The van der Waals surface area contributed by atoms with Gasteiger partial charge in [-0.2, -0.15) is 26.0 Å². The fraction of sp³-hybridized carbons (Fsp3) is 0.412. The lowest BCUT2D eigenvalue weighted by Gasteiger charge is -2.23. The number of ether oxygens (including phenoxy) is 3. The summed E-state index contributed by atoms with van der Waals surface area (Å²) in [6.45, 7) is 4.22. The van der Waals surface area contributed by atoms with Gasteiger partial charge in [0, 0.05) is 13.3 Å². The molecule has 0 unspecified atom stereocenters. The Bertz CT molecular complexity index is 928. The van der Waals surface area contributed by atoms with Crippen molar-refractivity contribution in [2.24, 2.45) is 0 Å². The van der Waals surface area contributed by atoms with Crippen LogP contribution in [0.2, 0.25) is 0 Å². The van der Waals surface area contributed by atoms with Crippen molar-refractivity contribution in [3.63, 3.8) is 0 Å². The molecule has 1 N–H and O–H groups in total. The molecular weight excluding hydrogens is 440 g/mol. The molecular formula is C17H18F4O8S. The van der Waals surface area contributed by atoms with Crippen molar-refractivity contribution in [2.75, 3.05) is 13.2 Å². The quantitative estimate of drug-likeness (QED) is 0.142. The number of halogens is 4. The van der Waals surface area contributed by atoms with Crippen LogP contribution in [-0.2, 0) is 24.4 Å². The van der Waals surface area contributed by atoms with Gasteiger partial charge in [0.2, 0.25) is 0 Å². The molecule has 0 radical (unpaired) electrons. The first-order valence-electron chi connectivity index (χ1n) is 8.08. The molecule has 8 nitrogen and oxygen atoms in total. The van der Waals surface area contributed by atoms with Gasteiger partial charge < -0.3 is 14.2 Å². The number of alkyl halides is 4. The van der Waals surface area contributed by atoms with E-state index in [4.69, 9.17) is 14.0 Å². The van der Waals surface area contributed by atoms with Crippen molar-refractivity contribution in [1.29, 1.82) is 0 Å². The fourth-order valence-corrected chi connectivity index (χ4v) is 2.42. The molecule has 0 heterocycles. The Morgan fingerprint density at radius 3 is 2.30 bits per heavy atom. The van der Waals surface area contributed by atoms with E-state index in [1.807, 2.05) is 0 Å². The second-order valence-electron chi connectivity index (χ2n) is 5.99. The van der Waals surface area contributed by atoms with Crippen LogP contribution in [0.25, 0.3) is 0 Å². The molecule has 0 spiro atoms. The standard InChI is InChI=1S/C17H18F4O8S/c1-10-5-4-6-13(14(10)28-12(3)22)29-15(23)11(2)9-27-8-7-16(18,19)17(20,21)30(24,25)26/h4-6H,2,7-9H2,1,3H3,(H,24,25,26). The molecule has 0 bridgehead atoms. The molecule has 0 amide bonds. The van der Waals surface area contributed by atoms with Crippen LogP contribution < -0.4 is 9.47 Å². The van der Waals surface area contributed by atoms with Crippen LogP contribution in [0, 0.1) is 6.92 Å². The number of aryl methyl sites for hydroxylation is 1. The number of carbonyl (C=O) groups is 2. The molecule has 13 heteroatoms. The topological polar surface area (TPSA) is 116 Å². The molecule has 0 aliphatic heterocycles. The third kappa shape index (κ3) is 6.24. The maximum Gasteiger partial charge on any atom is 0.431 e. The molecule has 0 saturated heterocycles. The number of hydrogen-bond acceptors (Lipinski definition) is 7. The molecule has 30 heavy (non-hydrogen) atoms. The molecule has 0 saturated carbocycles.